The lowest BCUT2D eigenvalue weighted by Crippen LogP contribution is -2.22. The van der Waals surface area contributed by atoms with Crippen LogP contribution >= 0.6 is 22.9 Å². The average Bonchev–Trinajstić information content (AvgIpc) is 3.28. The number of halogens is 1. The summed E-state index contributed by atoms with van der Waals surface area (Å²) < 4.78 is 6.89. The highest BCUT2D eigenvalue weighted by Crippen LogP contribution is 2.35. The molecular weight excluding hydrogens is 396 g/mol. The number of rotatable bonds is 3. The lowest BCUT2D eigenvalue weighted by Gasteiger charge is -2.17. The van der Waals surface area contributed by atoms with Crippen LogP contribution in [0, 0.1) is 5.92 Å². The van der Waals surface area contributed by atoms with E-state index in [2.05, 4.69) is 22.0 Å². The number of fused-ring (bicyclic) bond motifs is 3. The van der Waals surface area contributed by atoms with Gasteiger partial charge in [0, 0.05) is 10.4 Å². The Morgan fingerprint density at radius 1 is 1.36 bits per heavy atom. The summed E-state index contributed by atoms with van der Waals surface area (Å²) in [5, 5.41) is 5.30. The van der Waals surface area contributed by atoms with Crippen LogP contribution in [0.15, 0.2) is 39.9 Å². The van der Waals surface area contributed by atoms with Crippen molar-refractivity contribution in [1.82, 2.24) is 19.7 Å². The van der Waals surface area contributed by atoms with E-state index in [9.17, 15) is 4.79 Å². The van der Waals surface area contributed by atoms with Crippen LogP contribution in [0.3, 0.4) is 0 Å². The van der Waals surface area contributed by atoms with Crippen molar-refractivity contribution in [1.29, 1.82) is 0 Å². The third-order valence-corrected chi connectivity index (χ3v) is 6.66. The Bertz CT molecular complexity index is 1240. The van der Waals surface area contributed by atoms with E-state index < -0.39 is 0 Å². The van der Waals surface area contributed by atoms with E-state index in [0.717, 1.165) is 29.5 Å². The largest absolute Gasteiger partial charge is 0.337 e. The van der Waals surface area contributed by atoms with Gasteiger partial charge in [0.05, 0.1) is 16.7 Å². The Balaban J connectivity index is 1.50. The van der Waals surface area contributed by atoms with Gasteiger partial charge in [-0.3, -0.25) is 9.36 Å². The molecule has 6 nitrogen and oxygen atoms in total. The molecular formula is C20H17ClN4O2S. The van der Waals surface area contributed by atoms with E-state index >= 15 is 0 Å². The van der Waals surface area contributed by atoms with Gasteiger partial charge in [0.15, 0.2) is 0 Å². The van der Waals surface area contributed by atoms with E-state index in [4.69, 9.17) is 16.1 Å². The molecule has 1 aromatic carbocycles. The highest BCUT2D eigenvalue weighted by atomic mass is 35.5. The van der Waals surface area contributed by atoms with Crippen LogP contribution in [-0.4, -0.2) is 19.7 Å². The summed E-state index contributed by atoms with van der Waals surface area (Å²) in [6, 6.07) is 7.31. The van der Waals surface area contributed by atoms with Crippen molar-refractivity contribution in [3.63, 3.8) is 0 Å². The fourth-order valence-corrected chi connectivity index (χ4v) is 5.26. The Morgan fingerprint density at radius 3 is 3.07 bits per heavy atom. The molecule has 0 aliphatic heterocycles. The summed E-state index contributed by atoms with van der Waals surface area (Å²) in [4.78, 5) is 24.1. The van der Waals surface area contributed by atoms with Crippen LogP contribution in [0.25, 0.3) is 21.6 Å². The molecule has 0 amide bonds. The monoisotopic (exact) mass is 412 g/mol. The van der Waals surface area contributed by atoms with Gasteiger partial charge in [-0.25, -0.2) is 4.98 Å². The first kappa shape index (κ1) is 17.6. The second-order valence-electron chi connectivity index (χ2n) is 7.20. The first-order valence-corrected chi connectivity index (χ1v) is 10.4. The molecule has 0 fully saturated rings. The van der Waals surface area contributed by atoms with E-state index in [1.807, 2.05) is 18.2 Å². The van der Waals surface area contributed by atoms with Crippen molar-refractivity contribution in [2.24, 2.45) is 5.92 Å². The van der Waals surface area contributed by atoms with Crippen LogP contribution in [0.5, 0.6) is 0 Å². The van der Waals surface area contributed by atoms with Gasteiger partial charge in [-0.1, -0.05) is 35.8 Å². The van der Waals surface area contributed by atoms with Crippen molar-refractivity contribution >= 4 is 33.2 Å². The molecule has 1 aliphatic carbocycles. The Kier molecular flexibility index (Phi) is 4.29. The molecule has 5 rings (SSSR count). The zero-order valence-electron chi connectivity index (χ0n) is 15.2. The van der Waals surface area contributed by atoms with Crippen LogP contribution in [-0.2, 0) is 19.4 Å². The summed E-state index contributed by atoms with van der Waals surface area (Å²) in [6.45, 7) is 2.44. The second-order valence-corrected chi connectivity index (χ2v) is 8.69. The first-order valence-electron chi connectivity index (χ1n) is 9.17. The molecule has 1 aliphatic rings. The molecule has 0 saturated heterocycles. The highest BCUT2D eigenvalue weighted by Gasteiger charge is 2.23. The standard InChI is InChI=1S/C20H17ClN4O2S/c1-11-6-7-13-15(8-11)28-19-17(13)20(26)25(10-22-19)9-16-23-18(24-27-16)12-4-2-3-5-14(12)21/h2-5,10-11H,6-9H2,1H3. The van der Waals surface area contributed by atoms with E-state index in [-0.39, 0.29) is 12.1 Å². The van der Waals surface area contributed by atoms with E-state index in [0.29, 0.717) is 28.2 Å². The fraction of sp³-hybridized carbons (Fsp3) is 0.300. The zero-order chi connectivity index (χ0) is 19.3. The minimum absolute atomic E-state index is 0.0467. The summed E-state index contributed by atoms with van der Waals surface area (Å²) >= 11 is 7.84. The van der Waals surface area contributed by atoms with Gasteiger partial charge in [0.25, 0.3) is 5.56 Å². The number of nitrogens with zero attached hydrogens (tertiary/aromatic N) is 4. The van der Waals surface area contributed by atoms with Gasteiger partial charge in [-0.2, -0.15) is 4.98 Å². The fourth-order valence-electron chi connectivity index (χ4n) is 3.70. The third kappa shape index (κ3) is 2.95. The van der Waals surface area contributed by atoms with E-state index in [1.165, 1.54) is 15.0 Å². The molecule has 28 heavy (non-hydrogen) atoms. The normalized spacial score (nSPS) is 16.4. The molecule has 0 radical (unpaired) electrons. The maximum absolute atomic E-state index is 13.1. The number of aryl methyl sites for hydroxylation is 1. The summed E-state index contributed by atoms with van der Waals surface area (Å²) in [6.07, 6.45) is 4.64. The van der Waals surface area contributed by atoms with Gasteiger partial charge < -0.3 is 4.52 Å². The number of aromatic nitrogens is 4. The van der Waals surface area contributed by atoms with Gasteiger partial charge in [-0.05, 0) is 42.9 Å². The smallest absolute Gasteiger partial charge is 0.262 e. The Hall–Kier alpha value is -2.51. The quantitative estimate of drug-likeness (QED) is 0.500. The molecule has 1 unspecified atom stereocenters. The topological polar surface area (TPSA) is 73.8 Å². The second kappa shape index (κ2) is 6.83. The van der Waals surface area contributed by atoms with Crippen molar-refractivity contribution < 1.29 is 4.52 Å². The van der Waals surface area contributed by atoms with Crippen LogP contribution in [0.4, 0.5) is 0 Å². The predicted octanol–water partition coefficient (Wildman–Crippen LogP) is 4.33. The molecule has 3 heterocycles. The van der Waals surface area contributed by atoms with Crippen LogP contribution in [0.2, 0.25) is 5.02 Å². The van der Waals surface area contributed by atoms with Crippen molar-refractivity contribution in [2.75, 3.05) is 0 Å². The highest BCUT2D eigenvalue weighted by molar-refractivity contribution is 7.18. The van der Waals surface area contributed by atoms with Crippen molar-refractivity contribution in [2.45, 2.75) is 32.7 Å². The molecule has 4 aromatic rings. The van der Waals surface area contributed by atoms with Crippen LogP contribution in [0.1, 0.15) is 29.7 Å². The lowest BCUT2D eigenvalue weighted by atomic mass is 9.89. The van der Waals surface area contributed by atoms with Crippen molar-refractivity contribution in [3.05, 3.63) is 62.3 Å². The molecule has 0 bridgehead atoms. The molecule has 0 saturated carbocycles. The maximum Gasteiger partial charge on any atom is 0.262 e. The Morgan fingerprint density at radius 2 is 2.21 bits per heavy atom. The molecule has 1 atom stereocenters. The number of thiophene rings is 1. The summed E-state index contributed by atoms with van der Waals surface area (Å²) in [5.74, 6) is 1.41. The number of benzene rings is 1. The lowest BCUT2D eigenvalue weighted by molar-refractivity contribution is 0.369. The minimum atomic E-state index is -0.0467. The SMILES string of the molecule is CC1CCc2c(sc3ncn(Cc4nc(-c5ccccc5Cl)no4)c(=O)c23)C1. The maximum atomic E-state index is 13.1. The zero-order valence-corrected chi connectivity index (χ0v) is 16.8. The van der Waals surface area contributed by atoms with Gasteiger partial charge >= 0.3 is 0 Å². The molecule has 0 N–H and O–H groups in total. The first-order chi connectivity index (χ1) is 13.6. The van der Waals surface area contributed by atoms with E-state index in [1.54, 1.807) is 23.7 Å². The molecule has 3 aromatic heterocycles. The Labute approximate surface area is 169 Å². The van der Waals surface area contributed by atoms with Gasteiger partial charge in [0.1, 0.15) is 11.4 Å². The molecule has 142 valence electrons. The average molecular weight is 413 g/mol. The molecule has 8 heteroatoms. The van der Waals surface area contributed by atoms with Gasteiger partial charge in [-0.15, -0.1) is 11.3 Å². The number of hydrogen-bond acceptors (Lipinski definition) is 6. The molecule has 0 spiro atoms. The minimum Gasteiger partial charge on any atom is -0.337 e. The predicted molar refractivity (Wildman–Crippen MR) is 109 cm³/mol. The van der Waals surface area contributed by atoms with Crippen LogP contribution < -0.4 is 5.56 Å². The number of hydrogen-bond donors (Lipinski definition) is 0. The summed E-state index contributed by atoms with van der Waals surface area (Å²) in [7, 11) is 0. The third-order valence-electron chi connectivity index (χ3n) is 5.17. The summed E-state index contributed by atoms with van der Waals surface area (Å²) in [5.41, 5.74) is 1.82. The van der Waals surface area contributed by atoms with Crippen molar-refractivity contribution in [3.8, 4) is 11.4 Å². The van der Waals surface area contributed by atoms with Gasteiger partial charge in [0.2, 0.25) is 11.7 Å².